The summed E-state index contributed by atoms with van der Waals surface area (Å²) in [6.45, 7) is 4.17. The molecule has 0 spiro atoms. The van der Waals surface area contributed by atoms with E-state index in [-0.39, 0.29) is 0 Å². The summed E-state index contributed by atoms with van der Waals surface area (Å²) in [5.74, 6) is 5.33. The summed E-state index contributed by atoms with van der Waals surface area (Å²) in [4.78, 5) is 0. The predicted molar refractivity (Wildman–Crippen MR) is 36.0 cm³/mol. The summed E-state index contributed by atoms with van der Waals surface area (Å²) in [5.41, 5.74) is 1.30. The van der Waals surface area contributed by atoms with Crippen LogP contribution in [-0.4, -0.2) is 12.1 Å². The minimum Gasteiger partial charge on any atom is -0.321 e. The maximum absolute atomic E-state index is 5.33. The second-order valence-corrected chi connectivity index (χ2v) is 1.99. The summed E-state index contributed by atoms with van der Waals surface area (Å²) in [7, 11) is 1.82. The molecular formula is C6H14N2. The maximum Gasteiger partial charge on any atom is 0.0222 e. The van der Waals surface area contributed by atoms with Crippen molar-refractivity contribution in [3.05, 3.63) is 11.8 Å². The fraction of sp³-hybridized carbons (Fsp3) is 0.667. The third-order valence-electron chi connectivity index (χ3n) is 0.982. The van der Waals surface area contributed by atoms with Gasteiger partial charge in [-0.05, 0) is 13.3 Å². The summed E-state index contributed by atoms with van der Waals surface area (Å²) in [5, 5.41) is 1.57. The summed E-state index contributed by atoms with van der Waals surface area (Å²) in [6.07, 6.45) is 2.99. The molecule has 0 aliphatic rings. The number of rotatable bonds is 2. The molecule has 0 bridgehead atoms. The minimum absolute atomic E-state index is 1.07. The van der Waals surface area contributed by atoms with Crippen LogP contribution in [0.15, 0.2) is 11.8 Å². The molecule has 0 amide bonds. The van der Waals surface area contributed by atoms with Crippen LogP contribution in [0.4, 0.5) is 0 Å². The van der Waals surface area contributed by atoms with E-state index in [4.69, 9.17) is 5.84 Å². The van der Waals surface area contributed by atoms with Gasteiger partial charge < -0.3 is 5.01 Å². The van der Waals surface area contributed by atoms with E-state index in [1.165, 1.54) is 5.57 Å². The summed E-state index contributed by atoms with van der Waals surface area (Å²) < 4.78 is 0. The van der Waals surface area contributed by atoms with Gasteiger partial charge in [0.1, 0.15) is 0 Å². The maximum atomic E-state index is 5.33. The molecule has 0 fully saturated rings. The van der Waals surface area contributed by atoms with E-state index >= 15 is 0 Å². The van der Waals surface area contributed by atoms with Gasteiger partial charge in [0.15, 0.2) is 0 Å². The quantitative estimate of drug-likeness (QED) is 0.430. The van der Waals surface area contributed by atoms with E-state index in [1.54, 1.807) is 5.01 Å². The van der Waals surface area contributed by atoms with Crippen LogP contribution in [0.3, 0.4) is 0 Å². The Balaban J connectivity index is 3.56. The molecule has 2 nitrogen and oxygen atoms in total. The van der Waals surface area contributed by atoms with Crippen molar-refractivity contribution in [2.75, 3.05) is 7.05 Å². The molecule has 0 saturated heterocycles. The van der Waals surface area contributed by atoms with Crippen LogP contribution in [-0.2, 0) is 0 Å². The number of nitrogens with two attached hydrogens (primary N) is 1. The Morgan fingerprint density at radius 2 is 2.25 bits per heavy atom. The molecule has 0 saturated carbocycles. The first-order valence-electron chi connectivity index (χ1n) is 2.81. The topological polar surface area (TPSA) is 29.3 Å². The third-order valence-corrected chi connectivity index (χ3v) is 0.982. The number of nitrogens with zero attached hydrogens (tertiary/aromatic N) is 1. The van der Waals surface area contributed by atoms with Gasteiger partial charge in [0.2, 0.25) is 0 Å². The van der Waals surface area contributed by atoms with Gasteiger partial charge in [-0.1, -0.05) is 12.5 Å². The highest BCUT2D eigenvalue weighted by Gasteiger charge is 1.82. The Morgan fingerprint density at radius 1 is 1.75 bits per heavy atom. The average molecular weight is 114 g/mol. The standard InChI is InChI=1S/C6H14N2/c1-4-6(2)5-8(3)7/h5H,4,7H2,1-3H3/b6-5+. The Hall–Kier alpha value is -0.500. The average Bonchev–Trinajstić information content (AvgIpc) is 1.65. The Bertz CT molecular complexity index is 84.5. The molecule has 0 aromatic carbocycles. The zero-order valence-electron chi connectivity index (χ0n) is 5.81. The van der Waals surface area contributed by atoms with Crippen molar-refractivity contribution >= 4 is 0 Å². The molecule has 0 heterocycles. The molecule has 0 aliphatic heterocycles. The van der Waals surface area contributed by atoms with E-state index in [1.807, 2.05) is 13.2 Å². The lowest BCUT2D eigenvalue weighted by molar-refractivity contribution is 0.479. The van der Waals surface area contributed by atoms with Gasteiger partial charge in [-0.3, -0.25) is 0 Å². The molecule has 0 atom stereocenters. The van der Waals surface area contributed by atoms with E-state index < -0.39 is 0 Å². The van der Waals surface area contributed by atoms with Crippen molar-refractivity contribution in [1.29, 1.82) is 0 Å². The molecule has 2 N–H and O–H groups in total. The lowest BCUT2D eigenvalue weighted by Gasteiger charge is -2.05. The van der Waals surface area contributed by atoms with Gasteiger partial charge in [0.25, 0.3) is 0 Å². The van der Waals surface area contributed by atoms with Gasteiger partial charge >= 0.3 is 0 Å². The van der Waals surface area contributed by atoms with Crippen molar-refractivity contribution in [2.45, 2.75) is 20.3 Å². The van der Waals surface area contributed by atoms with Crippen LogP contribution >= 0.6 is 0 Å². The number of hydrogen-bond acceptors (Lipinski definition) is 2. The lowest BCUT2D eigenvalue weighted by atomic mass is 10.3. The number of allylic oxidation sites excluding steroid dienone is 1. The monoisotopic (exact) mass is 114 g/mol. The fourth-order valence-electron chi connectivity index (χ4n) is 0.439. The van der Waals surface area contributed by atoms with Gasteiger partial charge in [-0.25, -0.2) is 5.84 Å². The molecule has 0 rings (SSSR count). The van der Waals surface area contributed by atoms with Gasteiger partial charge in [0, 0.05) is 13.2 Å². The molecule has 48 valence electrons. The zero-order valence-corrected chi connectivity index (χ0v) is 5.81. The second-order valence-electron chi connectivity index (χ2n) is 1.99. The normalized spacial score (nSPS) is 11.8. The Morgan fingerprint density at radius 3 is 2.38 bits per heavy atom. The molecule has 0 aromatic rings. The van der Waals surface area contributed by atoms with Gasteiger partial charge in [0.05, 0.1) is 0 Å². The minimum atomic E-state index is 1.07. The molecular weight excluding hydrogens is 100 g/mol. The second kappa shape index (κ2) is 3.50. The fourth-order valence-corrected chi connectivity index (χ4v) is 0.439. The molecule has 8 heavy (non-hydrogen) atoms. The highest BCUT2D eigenvalue weighted by molar-refractivity contribution is 4.93. The van der Waals surface area contributed by atoms with Crippen LogP contribution in [0, 0.1) is 0 Å². The molecule has 0 radical (unpaired) electrons. The van der Waals surface area contributed by atoms with Crippen molar-refractivity contribution in [1.82, 2.24) is 5.01 Å². The zero-order chi connectivity index (χ0) is 6.57. The highest BCUT2D eigenvalue weighted by atomic mass is 15.4. The highest BCUT2D eigenvalue weighted by Crippen LogP contribution is 1.96. The van der Waals surface area contributed by atoms with Crippen LogP contribution in [0.25, 0.3) is 0 Å². The predicted octanol–water partition coefficient (Wildman–Crippen LogP) is 1.11. The van der Waals surface area contributed by atoms with Crippen LogP contribution < -0.4 is 5.84 Å². The Labute approximate surface area is 50.9 Å². The van der Waals surface area contributed by atoms with Crippen molar-refractivity contribution in [2.24, 2.45) is 5.84 Å². The van der Waals surface area contributed by atoms with E-state index in [0.29, 0.717) is 0 Å². The van der Waals surface area contributed by atoms with Gasteiger partial charge in [-0.2, -0.15) is 0 Å². The number of hydrogen-bond donors (Lipinski definition) is 1. The number of hydrazine groups is 1. The molecule has 0 unspecified atom stereocenters. The van der Waals surface area contributed by atoms with E-state index in [0.717, 1.165) is 6.42 Å². The van der Waals surface area contributed by atoms with Crippen molar-refractivity contribution in [3.63, 3.8) is 0 Å². The van der Waals surface area contributed by atoms with E-state index in [2.05, 4.69) is 13.8 Å². The first-order chi connectivity index (χ1) is 3.66. The summed E-state index contributed by atoms with van der Waals surface area (Å²) >= 11 is 0. The van der Waals surface area contributed by atoms with Crippen LogP contribution in [0.5, 0.6) is 0 Å². The smallest absolute Gasteiger partial charge is 0.0222 e. The van der Waals surface area contributed by atoms with Crippen LogP contribution in [0.1, 0.15) is 20.3 Å². The van der Waals surface area contributed by atoms with E-state index in [9.17, 15) is 0 Å². The first kappa shape index (κ1) is 7.50. The van der Waals surface area contributed by atoms with Crippen LogP contribution in [0.2, 0.25) is 0 Å². The first-order valence-corrected chi connectivity index (χ1v) is 2.81. The molecule has 2 heteroatoms. The largest absolute Gasteiger partial charge is 0.321 e. The summed E-state index contributed by atoms with van der Waals surface area (Å²) in [6, 6.07) is 0. The van der Waals surface area contributed by atoms with Gasteiger partial charge in [-0.15, -0.1) is 0 Å². The van der Waals surface area contributed by atoms with Crippen molar-refractivity contribution < 1.29 is 0 Å². The molecule has 0 aromatic heterocycles. The molecule has 0 aliphatic carbocycles. The van der Waals surface area contributed by atoms with Crippen molar-refractivity contribution in [3.8, 4) is 0 Å². The third kappa shape index (κ3) is 3.68. The SMILES string of the molecule is CC/C(C)=C/N(C)N. The Kier molecular flexibility index (Phi) is 3.28. The lowest BCUT2D eigenvalue weighted by Crippen LogP contribution is -2.18.